The van der Waals surface area contributed by atoms with Gasteiger partial charge >= 0.3 is 0 Å². The molecule has 2 rings (SSSR count). The summed E-state index contributed by atoms with van der Waals surface area (Å²) in [4.78, 5) is 11.8. The van der Waals surface area contributed by atoms with E-state index in [4.69, 9.17) is 4.42 Å². The van der Waals surface area contributed by atoms with Gasteiger partial charge in [-0.25, -0.2) is 0 Å². The largest absolute Gasteiger partial charge is 0.467 e. The van der Waals surface area contributed by atoms with Crippen molar-refractivity contribution in [3.63, 3.8) is 0 Å². The Morgan fingerprint density at radius 2 is 2.14 bits per heavy atom. The van der Waals surface area contributed by atoms with Crippen LogP contribution in [-0.4, -0.2) is 17.6 Å². The summed E-state index contributed by atoms with van der Waals surface area (Å²) in [5.74, 6) is 0.394. The van der Waals surface area contributed by atoms with Crippen LogP contribution in [-0.2, 0) is 11.2 Å². The number of rotatable bonds is 6. The minimum atomic E-state index is -0.801. The Morgan fingerprint density at radius 1 is 1.33 bits per heavy atom. The summed E-state index contributed by atoms with van der Waals surface area (Å²) < 4.78 is 5.08. The molecule has 2 N–H and O–H groups in total. The van der Waals surface area contributed by atoms with Gasteiger partial charge in [0.25, 0.3) is 0 Å². The van der Waals surface area contributed by atoms with E-state index in [0.29, 0.717) is 18.6 Å². The molecule has 1 unspecified atom stereocenters. The highest BCUT2D eigenvalue weighted by molar-refractivity contribution is 5.76. The molecule has 2 aromatic rings. The fourth-order valence-corrected chi connectivity index (χ4v) is 2.25. The number of carbonyl (C=O) groups excluding carboxylic acids is 1. The lowest BCUT2D eigenvalue weighted by Crippen LogP contribution is -2.28. The van der Waals surface area contributed by atoms with Gasteiger partial charge < -0.3 is 14.8 Å². The molecule has 4 nitrogen and oxygen atoms in total. The molecule has 0 aliphatic rings. The molecule has 0 saturated carbocycles. The topological polar surface area (TPSA) is 62.5 Å². The summed E-state index contributed by atoms with van der Waals surface area (Å²) in [5.41, 5.74) is 3.61. The Bertz CT molecular complexity index is 590. The van der Waals surface area contributed by atoms with Gasteiger partial charge in [0.15, 0.2) is 0 Å². The minimum absolute atomic E-state index is 0.0689. The molecule has 0 radical (unpaired) electrons. The third kappa shape index (κ3) is 4.46. The number of hydrogen-bond acceptors (Lipinski definition) is 3. The minimum Gasteiger partial charge on any atom is -0.467 e. The van der Waals surface area contributed by atoms with Crippen LogP contribution < -0.4 is 5.32 Å². The summed E-state index contributed by atoms with van der Waals surface area (Å²) in [7, 11) is 0. The highest BCUT2D eigenvalue weighted by Crippen LogP contribution is 2.13. The van der Waals surface area contributed by atoms with Crippen molar-refractivity contribution in [3.8, 4) is 0 Å². The van der Waals surface area contributed by atoms with Crippen LogP contribution in [0, 0.1) is 13.8 Å². The fourth-order valence-electron chi connectivity index (χ4n) is 2.25. The van der Waals surface area contributed by atoms with Crippen LogP contribution in [0.1, 0.15) is 35.0 Å². The maximum absolute atomic E-state index is 11.8. The van der Waals surface area contributed by atoms with Crippen LogP contribution in [0.25, 0.3) is 0 Å². The highest BCUT2D eigenvalue weighted by atomic mass is 16.4. The second kappa shape index (κ2) is 7.09. The third-order valence-electron chi connectivity index (χ3n) is 3.48. The fraction of sp³-hybridized carbons (Fsp3) is 0.353. The van der Waals surface area contributed by atoms with Crippen molar-refractivity contribution in [2.24, 2.45) is 0 Å². The Balaban J connectivity index is 1.77. The molecular formula is C17H21NO3. The lowest BCUT2D eigenvalue weighted by molar-refractivity contribution is -0.121. The van der Waals surface area contributed by atoms with Crippen molar-refractivity contribution in [3.05, 3.63) is 59.0 Å². The van der Waals surface area contributed by atoms with Gasteiger partial charge in [-0.2, -0.15) is 0 Å². The molecule has 21 heavy (non-hydrogen) atoms. The van der Waals surface area contributed by atoms with Gasteiger partial charge in [0.1, 0.15) is 11.9 Å². The molecular weight excluding hydrogens is 266 g/mol. The SMILES string of the molecule is Cc1ccc(CCC(=O)NCC(O)c2ccco2)c(C)c1. The van der Waals surface area contributed by atoms with Crippen molar-refractivity contribution in [1.82, 2.24) is 5.32 Å². The number of nitrogens with one attached hydrogen (secondary N) is 1. The van der Waals surface area contributed by atoms with Gasteiger partial charge in [-0.3, -0.25) is 4.79 Å². The van der Waals surface area contributed by atoms with Gasteiger partial charge in [-0.1, -0.05) is 23.8 Å². The lowest BCUT2D eigenvalue weighted by atomic mass is 10.0. The zero-order valence-corrected chi connectivity index (χ0v) is 12.4. The molecule has 0 spiro atoms. The van der Waals surface area contributed by atoms with E-state index in [1.165, 1.54) is 23.0 Å². The molecule has 1 amide bonds. The number of benzene rings is 1. The molecule has 0 aliphatic heterocycles. The summed E-state index contributed by atoms with van der Waals surface area (Å²) in [6, 6.07) is 9.64. The monoisotopic (exact) mass is 287 g/mol. The number of aryl methyl sites for hydroxylation is 3. The third-order valence-corrected chi connectivity index (χ3v) is 3.48. The van der Waals surface area contributed by atoms with E-state index >= 15 is 0 Å². The quantitative estimate of drug-likeness (QED) is 0.858. The Hall–Kier alpha value is -2.07. The molecule has 1 heterocycles. The standard InChI is InChI=1S/C17H21NO3/c1-12-5-6-14(13(2)10-12)7-8-17(20)18-11-15(19)16-4-3-9-21-16/h3-6,9-10,15,19H,7-8,11H2,1-2H3,(H,18,20). The number of carbonyl (C=O) groups is 1. The molecule has 0 fully saturated rings. The first-order chi connectivity index (χ1) is 10.1. The van der Waals surface area contributed by atoms with Crippen molar-refractivity contribution < 1.29 is 14.3 Å². The summed E-state index contributed by atoms with van der Waals surface area (Å²) in [5, 5.41) is 12.5. The normalized spacial score (nSPS) is 12.1. The van der Waals surface area contributed by atoms with Gasteiger partial charge in [-0.05, 0) is 43.5 Å². The predicted molar refractivity (Wildman–Crippen MR) is 80.9 cm³/mol. The van der Waals surface area contributed by atoms with Crippen LogP contribution in [0.15, 0.2) is 41.0 Å². The summed E-state index contributed by atoms with van der Waals surface area (Å²) in [6.07, 6.45) is 1.81. The average Bonchev–Trinajstić information content (AvgIpc) is 2.98. The van der Waals surface area contributed by atoms with Gasteiger partial charge in [0.2, 0.25) is 5.91 Å². The highest BCUT2D eigenvalue weighted by Gasteiger charge is 2.12. The number of aliphatic hydroxyl groups is 1. The van der Waals surface area contributed by atoms with Crippen LogP contribution >= 0.6 is 0 Å². The molecule has 0 bridgehead atoms. The lowest BCUT2D eigenvalue weighted by Gasteiger charge is -2.10. The maximum atomic E-state index is 11.8. The number of hydrogen-bond donors (Lipinski definition) is 2. The van der Waals surface area contributed by atoms with Crippen LogP contribution in [0.2, 0.25) is 0 Å². The molecule has 4 heteroatoms. The van der Waals surface area contributed by atoms with E-state index in [0.717, 1.165) is 0 Å². The zero-order chi connectivity index (χ0) is 15.2. The first-order valence-corrected chi connectivity index (χ1v) is 7.10. The molecule has 0 aliphatic carbocycles. The summed E-state index contributed by atoms with van der Waals surface area (Å²) in [6.45, 7) is 4.28. The average molecular weight is 287 g/mol. The van der Waals surface area contributed by atoms with E-state index < -0.39 is 6.10 Å². The van der Waals surface area contributed by atoms with Crippen LogP contribution in [0.4, 0.5) is 0 Å². The Labute approximate surface area is 124 Å². The predicted octanol–water partition coefficient (Wildman–Crippen LogP) is 2.68. The smallest absolute Gasteiger partial charge is 0.220 e. The van der Waals surface area contributed by atoms with Crippen molar-refractivity contribution >= 4 is 5.91 Å². The maximum Gasteiger partial charge on any atom is 0.220 e. The van der Waals surface area contributed by atoms with Crippen molar-refractivity contribution in [1.29, 1.82) is 0 Å². The van der Waals surface area contributed by atoms with E-state index in [2.05, 4.69) is 37.4 Å². The van der Waals surface area contributed by atoms with Gasteiger partial charge in [0, 0.05) is 6.42 Å². The molecule has 1 atom stereocenters. The number of furan rings is 1. The molecule has 0 saturated heterocycles. The van der Waals surface area contributed by atoms with Gasteiger partial charge in [0.05, 0.1) is 12.8 Å². The van der Waals surface area contributed by atoms with Crippen molar-refractivity contribution in [2.45, 2.75) is 32.8 Å². The molecule has 1 aromatic heterocycles. The second-order valence-corrected chi connectivity index (χ2v) is 5.27. The van der Waals surface area contributed by atoms with Crippen LogP contribution in [0.3, 0.4) is 0 Å². The first-order valence-electron chi connectivity index (χ1n) is 7.10. The van der Waals surface area contributed by atoms with E-state index in [1.807, 2.05) is 0 Å². The van der Waals surface area contributed by atoms with E-state index in [-0.39, 0.29) is 12.5 Å². The van der Waals surface area contributed by atoms with E-state index in [1.54, 1.807) is 12.1 Å². The zero-order valence-electron chi connectivity index (χ0n) is 12.4. The Kier molecular flexibility index (Phi) is 5.17. The van der Waals surface area contributed by atoms with Crippen molar-refractivity contribution in [2.75, 3.05) is 6.54 Å². The van der Waals surface area contributed by atoms with Gasteiger partial charge in [-0.15, -0.1) is 0 Å². The first kappa shape index (κ1) is 15.3. The Morgan fingerprint density at radius 3 is 2.81 bits per heavy atom. The number of amides is 1. The number of aliphatic hydroxyl groups excluding tert-OH is 1. The molecule has 1 aromatic carbocycles. The van der Waals surface area contributed by atoms with Crippen LogP contribution in [0.5, 0.6) is 0 Å². The molecule has 112 valence electrons. The van der Waals surface area contributed by atoms with E-state index in [9.17, 15) is 9.90 Å². The summed E-state index contributed by atoms with van der Waals surface area (Å²) >= 11 is 0. The second-order valence-electron chi connectivity index (χ2n) is 5.27.